The van der Waals surface area contributed by atoms with Crippen LogP contribution in [0.4, 0.5) is 0 Å². The maximum atomic E-state index is 12.5. The third-order valence-electron chi connectivity index (χ3n) is 8.12. The van der Waals surface area contributed by atoms with Crippen molar-refractivity contribution < 1.29 is 9.90 Å². The van der Waals surface area contributed by atoms with Crippen LogP contribution in [0.1, 0.15) is 65.7 Å². The summed E-state index contributed by atoms with van der Waals surface area (Å²) < 4.78 is 0. The van der Waals surface area contributed by atoms with E-state index in [4.69, 9.17) is 0 Å². The molecule has 2 nitrogen and oxygen atoms in total. The Bertz CT molecular complexity index is 536. The first-order chi connectivity index (χ1) is 10.4. The lowest BCUT2D eigenvalue weighted by Crippen LogP contribution is -2.52. The van der Waals surface area contributed by atoms with Gasteiger partial charge in [-0.3, -0.25) is 4.79 Å². The van der Waals surface area contributed by atoms with Crippen LogP contribution in [0, 0.1) is 34.5 Å². The van der Waals surface area contributed by atoms with Crippen molar-refractivity contribution in [2.75, 3.05) is 0 Å². The third-order valence-corrected chi connectivity index (χ3v) is 8.12. The van der Waals surface area contributed by atoms with E-state index in [-0.39, 0.29) is 16.9 Å². The summed E-state index contributed by atoms with van der Waals surface area (Å²) in [6.07, 6.45) is 9.53. The van der Waals surface area contributed by atoms with Crippen molar-refractivity contribution in [3.05, 3.63) is 11.6 Å². The molecular formula is C20H30O2. The zero-order chi connectivity index (χ0) is 15.7. The number of aliphatic hydroxyl groups is 1. The monoisotopic (exact) mass is 302 g/mol. The molecule has 2 heteroatoms. The molecule has 4 aliphatic rings. The van der Waals surface area contributed by atoms with Crippen molar-refractivity contribution in [1.82, 2.24) is 0 Å². The van der Waals surface area contributed by atoms with Gasteiger partial charge in [0.2, 0.25) is 0 Å². The van der Waals surface area contributed by atoms with E-state index in [1.165, 1.54) is 12.0 Å². The highest BCUT2D eigenvalue weighted by atomic mass is 16.3. The average molecular weight is 302 g/mol. The van der Waals surface area contributed by atoms with E-state index in [1.54, 1.807) is 0 Å². The lowest BCUT2D eigenvalue weighted by Gasteiger charge is -2.58. The van der Waals surface area contributed by atoms with Crippen LogP contribution in [0.25, 0.3) is 0 Å². The number of hydrogen-bond donors (Lipinski definition) is 1. The highest BCUT2D eigenvalue weighted by Gasteiger charge is 2.59. The summed E-state index contributed by atoms with van der Waals surface area (Å²) in [4.78, 5) is 12.5. The second-order valence-corrected chi connectivity index (χ2v) is 9.07. The smallest absolute Gasteiger partial charge is 0.139 e. The van der Waals surface area contributed by atoms with Crippen molar-refractivity contribution in [2.24, 2.45) is 34.5 Å². The van der Waals surface area contributed by atoms with Gasteiger partial charge in [0.25, 0.3) is 0 Å². The van der Waals surface area contributed by atoms with E-state index < -0.39 is 0 Å². The number of Topliss-reactive ketones (excluding diaryl/α,β-unsaturated/α-hetero) is 1. The summed E-state index contributed by atoms with van der Waals surface area (Å²) in [6.45, 7) is 7.07. The number of rotatable bonds is 0. The zero-order valence-corrected chi connectivity index (χ0v) is 14.3. The van der Waals surface area contributed by atoms with Crippen LogP contribution in [0.3, 0.4) is 0 Å². The van der Waals surface area contributed by atoms with E-state index in [9.17, 15) is 9.90 Å². The summed E-state index contributed by atoms with van der Waals surface area (Å²) in [6, 6.07) is 0. The first-order valence-electron chi connectivity index (χ1n) is 9.29. The Labute approximate surface area is 134 Å². The predicted octanol–water partition coefficient (Wildman–Crippen LogP) is 4.13. The second kappa shape index (κ2) is 4.69. The van der Waals surface area contributed by atoms with E-state index >= 15 is 0 Å². The molecule has 0 aromatic heterocycles. The molecule has 1 N–H and O–H groups in total. The molecule has 3 unspecified atom stereocenters. The van der Waals surface area contributed by atoms with Gasteiger partial charge in [-0.25, -0.2) is 0 Å². The van der Waals surface area contributed by atoms with Gasteiger partial charge in [-0.15, -0.1) is 0 Å². The van der Waals surface area contributed by atoms with E-state index in [2.05, 4.69) is 26.8 Å². The highest BCUT2D eigenvalue weighted by Crippen LogP contribution is 2.65. The quantitative estimate of drug-likeness (QED) is 0.683. The fourth-order valence-electron chi connectivity index (χ4n) is 6.77. The van der Waals surface area contributed by atoms with Gasteiger partial charge in [-0.2, -0.15) is 0 Å². The number of carbonyl (C=O) groups excluding carboxylic acids is 1. The van der Waals surface area contributed by atoms with E-state index in [1.807, 2.05) is 0 Å². The first-order valence-corrected chi connectivity index (χ1v) is 9.29. The SMILES string of the molecule is C[C@H]1C=C2C[C@@H](O)CC[C@]2(C)C2CC[C@]3(C)C(=O)CCC3C21. The lowest BCUT2D eigenvalue weighted by molar-refractivity contribution is -0.133. The molecule has 3 saturated carbocycles. The van der Waals surface area contributed by atoms with Crippen LogP contribution < -0.4 is 0 Å². The molecule has 4 rings (SSSR count). The molecule has 0 aliphatic heterocycles. The summed E-state index contributed by atoms with van der Waals surface area (Å²) in [7, 11) is 0. The average Bonchev–Trinajstić information content (AvgIpc) is 2.77. The minimum Gasteiger partial charge on any atom is -0.393 e. The van der Waals surface area contributed by atoms with Gasteiger partial charge in [-0.05, 0) is 67.6 Å². The number of allylic oxidation sites excluding steroid dienone is 1. The molecule has 0 spiro atoms. The summed E-state index contributed by atoms with van der Waals surface area (Å²) in [5, 5.41) is 10.1. The summed E-state index contributed by atoms with van der Waals surface area (Å²) in [5.41, 5.74) is 1.77. The fraction of sp³-hybridized carbons (Fsp3) is 0.850. The summed E-state index contributed by atoms with van der Waals surface area (Å²) in [5.74, 6) is 3.08. The van der Waals surface area contributed by atoms with Crippen LogP contribution in [0.5, 0.6) is 0 Å². The van der Waals surface area contributed by atoms with Crippen molar-refractivity contribution in [1.29, 1.82) is 0 Å². The molecule has 0 aromatic carbocycles. The Morgan fingerprint density at radius 3 is 2.55 bits per heavy atom. The third kappa shape index (κ3) is 1.79. The molecule has 0 radical (unpaired) electrons. The summed E-state index contributed by atoms with van der Waals surface area (Å²) >= 11 is 0. The minimum absolute atomic E-state index is 0.0364. The molecule has 0 aromatic rings. The molecule has 22 heavy (non-hydrogen) atoms. The van der Waals surface area contributed by atoms with Gasteiger partial charge >= 0.3 is 0 Å². The maximum absolute atomic E-state index is 12.5. The zero-order valence-electron chi connectivity index (χ0n) is 14.3. The van der Waals surface area contributed by atoms with Gasteiger partial charge in [0.1, 0.15) is 5.78 Å². The second-order valence-electron chi connectivity index (χ2n) is 9.07. The Kier molecular flexibility index (Phi) is 3.18. The molecule has 7 atom stereocenters. The Hall–Kier alpha value is -0.630. The van der Waals surface area contributed by atoms with E-state index in [0.717, 1.165) is 44.4 Å². The van der Waals surface area contributed by atoms with Crippen molar-refractivity contribution in [3.63, 3.8) is 0 Å². The predicted molar refractivity (Wildman–Crippen MR) is 87.3 cm³/mol. The van der Waals surface area contributed by atoms with Crippen LogP contribution in [-0.2, 0) is 4.79 Å². The van der Waals surface area contributed by atoms with Gasteiger partial charge in [-0.1, -0.05) is 32.4 Å². The van der Waals surface area contributed by atoms with Gasteiger partial charge in [0.05, 0.1) is 6.10 Å². The minimum atomic E-state index is -0.134. The van der Waals surface area contributed by atoms with Crippen molar-refractivity contribution in [3.8, 4) is 0 Å². The molecule has 3 fully saturated rings. The normalized spacial score (nSPS) is 54.3. The standard InChI is InChI=1S/C20H30O2/c1-12-10-13-11-14(21)6-8-19(13,2)16-7-9-20(3)15(18(12)16)4-5-17(20)22/h10,12,14-16,18,21H,4-9,11H2,1-3H3/t12-,14-,15?,16?,18?,19-,20-/m0/s1. The van der Waals surface area contributed by atoms with Crippen LogP contribution in [-0.4, -0.2) is 17.0 Å². The fourth-order valence-corrected chi connectivity index (χ4v) is 6.77. The molecule has 0 heterocycles. The molecular weight excluding hydrogens is 272 g/mol. The van der Waals surface area contributed by atoms with Crippen LogP contribution >= 0.6 is 0 Å². The van der Waals surface area contributed by atoms with Crippen LogP contribution in [0.15, 0.2) is 11.6 Å². The molecule has 0 saturated heterocycles. The Balaban J connectivity index is 1.75. The molecule has 122 valence electrons. The topological polar surface area (TPSA) is 37.3 Å². The van der Waals surface area contributed by atoms with Crippen molar-refractivity contribution >= 4 is 5.78 Å². The highest BCUT2D eigenvalue weighted by molar-refractivity contribution is 5.87. The lowest BCUT2D eigenvalue weighted by atomic mass is 9.46. The van der Waals surface area contributed by atoms with Crippen molar-refractivity contribution in [2.45, 2.75) is 71.8 Å². The number of fused-ring (bicyclic) bond motifs is 5. The van der Waals surface area contributed by atoms with E-state index in [0.29, 0.717) is 23.5 Å². The van der Waals surface area contributed by atoms with Crippen LogP contribution in [0.2, 0.25) is 0 Å². The number of carbonyl (C=O) groups is 1. The maximum Gasteiger partial charge on any atom is 0.139 e. The molecule has 4 aliphatic carbocycles. The number of hydrogen-bond acceptors (Lipinski definition) is 2. The van der Waals surface area contributed by atoms with Gasteiger partial charge in [0, 0.05) is 11.8 Å². The number of ketones is 1. The number of aliphatic hydroxyl groups excluding tert-OH is 1. The Morgan fingerprint density at radius 1 is 1.09 bits per heavy atom. The van der Waals surface area contributed by atoms with Gasteiger partial charge < -0.3 is 5.11 Å². The van der Waals surface area contributed by atoms with Gasteiger partial charge in [0.15, 0.2) is 0 Å². The molecule has 0 bridgehead atoms. The first kappa shape index (κ1) is 14.9. The largest absolute Gasteiger partial charge is 0.393 e. The molecule has 0 amide bonds. The Morgan fingerprint density at radius 2 is 1.77 bits per heavy atom.